The fourth-order valence-corrected chi connectivity index (χ4v) is 3.80. The molecule has 1 saturated heterocycles. The number of piperidine rings is 1. The van der Waals surface area contributed by atoms with Crippen molar-refractivity contribution in [2.24, 2.45) is 5.41 Å². The molecule has 0 saturated carbocycles. The van der Waals surface area contributed by atoms with E-state index in [4.69, 9.17) is 0 Å². The van der Waals surface area contributed by atoms with Gasteiger partial charge in [0.05, 0.1) is 5.41 Å². The summed E-state index contributed by atoms with van der Waals surface area (Å²) in [6, 6.07) is 4.80. The van der Waals surface area contributed by atoms with Crippen LogP contribution in [0.15, 0.2) is 18.2 Å². The minimum Gasteiger partial charge on any atom is -0.316 e. The summed E-state index contributed by atoms with van der Waals surface area (Å²) < 4.78 is 13.5. The van der Waals surface area contributed by atoms with E-state index < -0.39 is 0 Å². The monoisotopic (exact) mass is 290 g/mol. The smallest absolute Gasteiger partial charge is 0.234 e. The lowest BCUT2D eigenvalue weighted by atomic mass is 9.75. The summed E-state index contributed by atoms with van der Waals surface area (Å²) in [4.78, 5) is 15.0. The second-order valence-corrected chi connectivity index (χ2v) is 6.29. The lowest BCUT2D eigenvalue weighted by Gasteiger charge is -2.39. The average Bonchev–Trinajstić information content (AvgIpc) is 2.90. The van der Waals surface area contributed by atoms with Crippen LogP contribution in [-0.2, 0) is 11.2 Å². The van der Waals surface area contributed by atoms with Crippen LogP contribution in [0.2, 0.25) is 0 Å². The minimum atomic E-state index is -0.305. The molecule has 1 fully saturated rings. The Bertz CT molecular complexity index is 532. The molecule has 4 heteroatoms. The maximum atomic E-state index is 13.5. The molecule has 1 amide bonds. The normalized spacial score (nSPS) is 25.0. The Labute approximate surface area is 125 Å². The van der Waals surface area contributed by atoms with Crippen LogP contribution < -0.4 is 10.2 Å². The number of nitrogens with zero attached hydrogens (tertiary/aromatic N) is 1. The number of carbonyl (C=O) groups excluding carboxylic acids is 1. The summed E-state index contributed by atoms with van der Waals surface area (Å²) in [5.74, 6) is -0.0827. The third-order valence-electron chi connectivity index (χ3n) is 4.84. The van der Waals surface area contributed by atoms with Crippen LogP contribution in [0.3, 0.4) is 0 Å². The largest absolute Gasteiger partial charge is 0.316 e. The van der Waals surface area contributed by atoms with E-state index in [2.05, 4.69) is 12.2 Å². The van der Waals surface area contributed by atoms with Crippen molar-refractivity contribution in [1.82, 2.24) is 5.32 Å². The molecule has 2 aliphatic heterocycles. The van der Waals surface area contributed by atoms with Gasteiger partial charge in [0, 0.05) is 18.8 Å². The molecular weight excluding hydrogens is 267 g/mol. The van der Waals surface area contributed by atoms with E-state index in [-0.39, 0.29) is 17.1 Å². The predicted molar refractivity (Wildman–Crippen MR) is 81.9 cm³/mol. The van der Waals surface area contributed by atoms with Gasteiger partial charge in [0.1, 0.15) is 5.82 Å². The van der Waals surface area contributed by atoms with Gasteiger partial charge in [0.15, 0.2) is 0 Å². The highest BCUT2D eigenvalue weighted by molar-refractivity contribution is 5.99. The first-order chi connectivity index (χ1) is 10.2. The molecule has 2 aliphatic rings. The second kappa shape index (κ2) is 5.76. The summed E-state index contributed by atoms with van der Waals surface area (Å²) in [6.07, 6.45) is 4.71. The van der Waals surface area contributed by atoms with Gasteiger partial charge in [-0.25, -0.2) is 4.39 Å². The van der Waals surface area contributed by atoms with Gasteiger partial charge in [-0.05, 0) is 49.9 Å². The van der Waals surface area contributed by atoms with E-state index in [1.54, 1.807) is 0 Å². The number of amides is 1. The summed E-state index contributed by atoms with van der Waals surface area (Å²) in [5, 5.41) is 3.38. The Balaban J connectivity index is 1.90. The van der Waals surface area contributed by atoms with Crippen molar-refractivity contribution in [2.45, 2.75) is 39.0 Å². The number of carbonyl (C=O) groups is 1. The second-order valence-electron chi connectivity index (χ2n) is 6.29. The van der Waals surface area contributed by atoms with Crippen LogP contribution in [-0.4, -0.2) is 25.5 Å². The zero-order valence-corrected chi connectivity index (χ0v) is 12.6. The third kappa shape index (κ3) is 2.57. The molecule has 1 aromatic carbocycles. The summed E-state index contributed by atoms with van der Waals surface area (Å²) >= 11 is 0. The Kier molecular flexibility index (Phi) is 3.98. The van der Waals surface area contributed by atoms with Gasteiger partial charge in [-0.2, -0.15) is 0 Å². The van der Waals surface area contributed by atoms with Crippen molar-refractivity contribution >= 4 is 11.6 Å². The number of benzene rings is 1. The zero-order valence-electron chi connectivity index (χ0n) is 12.6. The van der Waals surface area contributed by atoms with E-state index in [1.165, 1.54) is 12.1 Å². The van der Waals surface area contributed by atoms with Crippen LogP contribution in [0.1, 0.15) is 38.2 Å². The fourth-order valence-electron chi connectivity index (χ4n) is 3.80. The van der Waals surface area contributed by atoms with Crippen molar-refractivity contribution < 1.29 is 9.18 Å². The van der Waals surface area contributed by atoms with E-state index in [0.717, 1.165) is 56.4 Å². The lowest BCUT2D eigenvalue weighted by molar-refractivity contribution is -0.129. The number of fused-ring (bicyclic) bond motifs is 1. The van der Waals surface area contributed by atoms with Gasteiger partial charge < -0.3 is 10.2 Å². The SMILES string of the molecule is CCCC1(C(=O)N2CCc3ccc(F)cc32)CCCNC1. The molecule has 1 aromatic rings. The highest BCUT2D eigenvalue weighted by atomic mass is 19.1. The Morgan fingerprint density at radius 2 is 2.33 bits per heavy atom. The molecule has 1 atom stereocenters. The lowest BCUT2D eigenvalue weighted by Crippen LogP contribution is -2.51. The molecule has 3 rings (SSSR count). The predicted octanol–water partition coefficient (Wildman–Crippen LogP) is 2.88. The van der Waals surface area contributed by atoms with Gasteiger partial charge in [0.25, 0.3) is 0 Å². The standard InChI is InChI=1S/C17H23FN2O/c1-2-7-17(8-3-9-19-12-17)16(21)20-10-6-13-4-5-14(18)11-15(13)20/h4-5,11,19H,2-3,6-10,12H2,1H3. The Hall–Kier alpha value is -1.42. The molecule has 0 aliphatic carbocycles. The van der Waals surface area contributed by atoms with Gasteiger partial charge >= 0.3 is 0 Å². The van der Waals surface area contributed by atoms with Gasteiger partial charge in [-0.1, -0.05) is 19.4 Å². The van der Waals surface area contributed by atoms with Crippen LogP contribution in [0.5, 0.6) is 0 Å². The Morgan fingerprint density at radius 1 is 1.48 bits per heavy atom. The van der Waals surface area contributed by atoms with Crippen molar-refractivity contribution in [2.75, 3.05) is 24.5 Å². The van der Waals surface area contributed by atoms with Crippen molar-refractivity contribution in [3.63, 3.8) is 0 Å². The topological polar surface area (TPSA) is 32.3 Å². The van der Waals surface area contributed by atoms with Crippen molar-refractivity contribution in [3.05, 3.63) is 29.6 Å². The van der Waals surface area contributed by atoms with Gasteiger partial charge in [0.2, 0.25) is 5.91 Å². The Morgan fingerprint density at radius 3 is 3.05 bits per heavy atom. The number of hydrogen-bond donors (Lipinski definition) is 1. The van der Waals surface area contributed by atoms with Crippen LogP contribution in [0, 0.1) is 11.2 Å². The quantitative estimate of drug-likeness (QED) is 0.928. The molecule has 1 N–H and O–H groups in total. The number of halogens is 1. The fraction of sp³-hybridized carbons (Fsp3) is 0.588. The first-order valence-corrected chi connectivity index (χ1v) is 7.97. The molecule has 3 nitrogen and oxygen atoms in total. The summed E-state index contributed by atoms with van der Waals surface area (Å²) in [6.45, 7) is 4.55. The van der Waals surface area contributed by atoms with E-state index in [0.29, 0.717) is 6.54 Å². The number of hydrogen-bond acceptors (Lipinski definition) is 2. The molecule has 114 valence electrons. The van der Waals surface area contributed by atoms with Crippen LogP contribution in [0.25, 0.3) is 0 Å². The highest BCUT2D eigenvalue weighted by Crippen LogP contribution is 2.38. The molecular formula is C17H23FN2O. The molecule has 0 spiro atoms. The van der Waals surface area contributed by atoms with Gasteiger partial charge in [-0.15, -0.1) is 0 Å². The molecule has 21 heavy (non-hydrogen) atoms. The van der Waals surface area contributed by atoms with E-state index in [9.17, 15) is 9.18 Å². The van der Waals surface area contributed by atoms with Crippen LogP contribution in [0.4, 0.5) is 10.1 Å². The summed E-state index contributed by atoms with van der Waals surface area (Å²) in [5.41, 5.74) is 1.56. The van der Waals surface area contributed by atoms with Crippen LogP contribution >= 0.6 is 0 Å². The molecule has 0 aromatic heterocycles. The van der Waals surface area contributed by atoms with Crippen molar-refractivity contribution in [3.8, 4) is 0 Å². The molecule has 2 heterocycles. The average molecular weight is 290 g/mol. The first-order valence-electron chi connectivity index (χ1n) is 7.97. The van der Waals surface area contributed by atoms with Crippen molar-refractivity contribution in [1.29, 1.82) is 0 Å². The zero-order chi connectivity index (χ0) is 14.9. The molecule has 0 radical (unpaired) electrons. The van der Waals surface area contributed by atoms with Gasteiger partial charge in [-0.3, -0.25) is 4.79 Å². The maximum Gasteiger partial charge on any atom is 0.234 e. The third-order valence-corrected chi connectivity index (χ3v) is 4.84. The van der Waals surface area contributed by atoms with E-state index >= 15 is 0 Å². The maximum absolute atomic E-state index is 13.5. The first kappa shape index (κ1) is 14.5. The molecule has 1 unspecified atom stereocenters. The number of nitrogens with one attached hydrogen (secondary N) is 1. The summed E-state index contributed by atoms with van der Waals surface area (Å²) in [7, 11) is 0. The number of rotatable bonds is 3. The molecule has 0 bridgehead atoms. The minimum absolute atomic E-state index is 0.181. The highest BCUT2D eigenvalue weighted by Gasteiger charge is 2.43. The van der Waals surface area contributed by atoms with E-state index in [1.807, 2.05) is 11.0 Å². The number of anilines is 1.